The van der Waals surface area contributed by atoms with E-state index in [9.17, 15) is 0 Å². The van der Waals surface area contributed by atoms with Gasteiger partial charge in [0.15, 0.2) is 0 Å². The van der Waals surface area contributed by atoms with Gasteiger partial charge in [-0.25, -0.2) is 6.57 Å². The predicted octanol–water partition coefficient (Wildman–Crippen LogP) is 1.33. The van der Waals surface area contributed by atoms with Gasteiger partial charge in [0.25, 0.3) is 0 Å². The second-order valence-electron chi connectivity index (χ2n) is 2.47. The lowest BCUT2D eigenvalue weighted by molar-refractivity contribution is 0.109. The molecule has 0 aromatic rings. The molecule has 2 atom stereocenters. The molecule has 1 aliphatic heterocycles. The van der Waals surface area contributed by atoms with Crippen LogP contribution in [0.15, 0.2) is 0 Å². The Hall–Kier alpha value is -0.550. The summed E-state index contributed by atoms with van der Waals surface area (Å²) in [6.07, 6.45) is 1.39. The van der Waals surface area contributed by atoms with E-state index in [1.165, 1.54) is 0 Å². The molecule has 2 heteroatoms. The summed E-state index contributed by atoms with van der Waals surface area (Å²) in [7, 11) is 0. The van der Waals surface area contributed by atoms with Gasteiger partial charge < -0.3 is 9.58 Å². The van der Waals surface area contributed by atoms with Crippen molar-refractivity contribution in [3.63, 3.8) is 0 Å². The lowest BCUT2D eigenvalue weighted by Gasteiger charge is -2.05. The molecule has 50 valence electrons. The third-order valence-electron chi connectivity index (χ3n) is 1.86. The minimum absolute atomic E-state index is 0.319. The van der Waals surface area contributed by atoms with Crippen LogP contribution in [0.1, 0.15) is 13.3 Å². The SMILES string of the molecule is [C-]#[N+]CC1CCOC1C. The van der Waals surface area contributed by atoms with Gasteiger partial charge in [0.2, 0.25) is 6.54 Å². The van der Waals surface area contributed by atoms with E-state index in [2.05, 4.69) is 4.85 Å². The third kappa shape index (κ3) is 1.43. The van der Waals surface area contributed by atoms with E-state index < -0.39 is 0 Å². The fraction of sp³-hybridized carbons (Fsp3) is 0.857. The molecule has 9 heavy (non-hydrogen) atoms. The van der Waals surface area contributed by atoms with Gasteiger partial charge in [-0.15, -0.1) is 0 Å². The molecule has 1 aliphatic rings. The normalized spacial score (nSPS) is 34.2. The highest BCUT2D eigenvalue weighted by atomic mass is 16.5. The highest BCUT2D eigenvalue weighted by Gasteiger charge is 2.26. The van der Waals surface area contributed by atoms with Crippen molar-refractivity contribution in [2.24, 2.45) is 5.92 Å². The molecule has 0 spiro atoms. The Labute approximate surface area is 55.6 Å². The van der Waals surface area contributed by atoms with Gasteiger partial charge >= 0.3 is 0 Å². The van der Waals surface area contributed by atoms with E-state index in [1.807, 2.05) is 6.92 Å². The van der Waals surface area contributed by atoms with Gasteiger partial charge in [0.1, 0.15) is 0 Å². The molecule has 0 saturated carbocycles. The molecule has 0 aliphatic carbocycles. The molecule has 1 saturated heterocycles. The molecule has 0 aromatic carbocycles. The minimum Gasteiger partial charge on any atom is -0.378 e. The van der Waals surface area contributed by atoms with Crippen LogP contribution in [-0.4, -0.2) is 19.3 Å². The maximum Gasteiger partial charge on any atom is 0.220 e. The van der Waals surface area contributed by atoms with Crippen molar-refractivity contribution < 1.29 is 4.74 Å². The van der Waals surface area contributed by atoms with Crippen LogP contribution in [0.25, 0.3) is 4.85 Å². The Balaban J connectivity index is 2.33. The fourth-order valence-electron chi connectivity index (χ4n) is 1.13. The first-order valence-corrected chi connectivity index (χ1v) is 3.29. The topological polar surface area (TPSA) is 13.6 Å². The lowest BCUT2D eigenvalue weighted by Crippen LogP contribution is -2.12. The number of hydrogen-bond acceptors (Lipinski definition) is 1. The van der Waals surface area contributed by atoms with Gasteiger partial charge in [-0.3, -0.25) is 0 Å². The van der Waals surface area contributed by atoms with Crippen LogP contribution >= 0.6 is 0 Å². The van der Waals surface area contributed by atoms with Crippen LogP contribution in [0.3, 0.4) is 0 Å². The van der Waals surface area contributed by atoms with Crippen molar-refractivity contribution >= 4 is 0 Å². The highest BCUT2D eigenvalue weighted by molar-refractivity contribution is 4.78. The van der Waals surface area contributed by atoms with E-state index in [0.29, 0.717) is 18.6 Å². The Morgan fingerprint density at radius 3 is 3.00 bits per heavy atom. The molecule has 0 radical (unpaired) electrons. The van der Waals surface area contributed by atoms with E-state index in [-0.39, 0.29) is 0 Å². The smallest absolute Gasteiger partial charge is 0.220 e. The first-order valence-electron chi connectivity index (χ1n) is 3.29. The van der Waals surface area contributed by atoms with Crippen LogP contribution < -0.4 is 0 Å². The summed E-state index contributed by atoms with van der Waals surface area (Å²) in [4.78, 5) is 3.34. The van der Waals surface area contributed by atoms with E-state index in [0.717, 1.165) is 13.0 Å². The van der Waals surface area contributed by atoms with Crippen LogP contribution in [0.5, 0.6) is 0 Å². The summed E-state index contributed by atoms with van der Waals surface area (Å²) >= 11 is 0. The number of ether oxygens (including phenoxy) is 1. The highest BCUT2D eigenvalue weighted by Crippen LogP contribution is 2.20. The summed E-state index contributed by atoms with van der Waals surface area (Å²) in [5.41, 5.74) is 0. The average molecular weight is 125 g/mol. The summed E-state index contributed by atoms with van der Waals surface area (Å²) in [6, 6.07) is 0. The maximum atomic E-state index is 6.63. The van der Waals surface area contributed by atoms with Crippen LogP contribution in [0.2, 0.25) is 0 Å². The molecule has 2 unspecified atom stereocenters. The molecule has 2 nitrogen and oxygen atoms in total. The Kier molecular flexibility index (Phi) is 2.07. The summed E-state index contributed by atoms with van der Waals surface area (Å²) in [6.45, 7) is 10.2. The second-order valence-corrected chi connectivity index (χ2v) is 2.47. The Morgan fingerprint density at radius 2 is 2.56 bits per heavy atom. The monoisotopic (exact) mass is 125 g/mol. The fourth-order valence-corrected chi connectivity index (χ4v) is 1.13. The van der Waals surface area contributed by atoms with E-state index in [1.54, 1.807) is 0 Å². The molecule has 0 N–H and O–H groups in total. The molecule has 1 fully saturated rings. The molecular weight excluding hydrogens is 114 g/mol. The summed E-state index contributed by atoms with van der Waals surface area (Å²) in [5, 5.41) is 0. The van der Waals surface area contributed by atoms with Crippen LogP contribution in [0, 0.1) is 12.5 Å². The van der Waals surface area contributed by atoms with Gasteiger partial charge in [0, 0.05) is 6.61 Å². The number of rotatable bonds is 1. The van der Waals surface area contributed by atoms with Gasteiger partial charge in [-0.1, -0.05) is 0 Å². The maximum absolute atomic E-state index is 6.63. The lowest BCUT2D eigenvalue weighted by atomic mass is 10.0. The molecule has 0 aromatic heterocycles. The predicted molar refractivity (Wildman–Crippen MR) is 35.0 cm³/mol. The quantitative estimate of drug-likeness (QED) is 0.482. The molecule has 1 rings (SSSR count). The van der Waals surface area contributed by atoms with Crippen molar-refractivity contribution in [3.05, 3.63) is 11.4 Å². The van der Waals surface area contributed by atoms with Gasteiger partial charge in [-0.05, 0) is 13.3 Å². The number of nitrogens with zero attached hydrogens (tertiary/aromatic N) is 1. The molecule has 1 heterocycles. The van der Waals surface area contributed by atoms with Gasteiger partial charge in [0.05, 0.1) is 12.0 Å². The third-order valence-corrected chi connectivity index (χ3v) is 1.86. The van der Waals surface area contributed by atoms with Crippen molar-refractivity contribution in [2.45, 2.75) is 19.4 Å². The zero-order chi connectivity index (χ0) is 6.69. The van der Waals surface area contributed by atoms with Crippen LogP contribution in [0.4, 0.5) is 0 Å². The van der Waals surface area contributed by atoms with Crippen molar-refractivity contribution in [1.82, 2.24) is 0 Å². The minimum atomic E-state index is 0.319. The standard InChI is InChI=1S/C7H11NO/c1-6-7(5-8-2)3-4-9-6/h6-7H,3-5H2,1H3. The average Bonchev–Trinajstić information content (AvgIpc) is 2.18. The summed E-state index contributed by atoms with van der Waals surface area (Å²) < 4.78 is 5.27. The Morgan fingerprint density at radius 1 is 1.78 bits per heavy atom. The Bertz CT molecular complexity index is 127. The van der Waals surface area contributed by atoms with Crippen molar-refractivity contribution in [3.8, 4) is 0 Å². The summed E-state index contributed by atoms with van der Waals surface area (Å²) in [5.74, 6) is 0.502. The molecule has 0 amide bonds. The first kappa shape index (κ1) is 6.57. The van der Waals surface area contributed by atoms with Crippen molar-refractivity contribution in [1.29, 1.82) is 0 Å². The van der Waals surface area contributed by atoms with Crippen molar-refractivity contribution in [2.75, 3.05) is 13.2 Å². The zero-order valence-electron chi connectivity index (χ0n) is 5.63. The molecule has 0 bridgehead atoms. The molecular formula is C7H11NO. The van der Waals surface area contributed by atoms with Crippen LogP contribution in [-0.2, 0) is 4.74 Å². The number of hydrogen-bond donors (Lipinski definition) is 0. The largest absolute Gasteiger partial charge is 0.378 e. The van der Waals surface area contributed by atoms with E-state index in [4.69, 9.17) is 11.3 Å². The second kappa shape index (κ2) is 2.84. The van der Waals surface area contributed by atoms with Gasteiger partial charge in [-0.2, -0.15) is 0 Å². The van der Waals surface area contributed by atoms with E-state index >= 15 is 0 Å². The zero-order valence-corrected chi connectivity index (χ0v) is 5.63. The first-order chi connectivity index (χ1) is 4.34.